The Balaban J connectivity index is 4.47. The standard InChI is InChI=1S/C38H77N2O6P/c1-6-8-10-12-14-16-17-18-19-20-21-22-24-25-27-29-31-37(41)36(35-46-47(43,44)45-34-33-40(3,4)5)39-38(42)32-30-28-26-23-15-13-11-9-7-2/h29,31,36-37,41H,6-28,30,32-35H2,1-5H3,(H-,39,42,43,44)/b31-29+. The third-order valence-corrected chi connectivity index (χ3v) is 9.71. The van der Waals surface area contributed by atoms with Gasteiger partial charge in [-0.05, 0) is 19.3 Å². The zero-order valence-electron chi connectivity index (χ0n) is 31.5. The minimum Gasteiger partial charge on any atom is -0.756 e. The van der Waals surface area contributed by atoms with Gasteiger partial charge in [0.1, 0.15) is 13.2 Å². The summed E-state index contributed by atoms with van der Waals surface area (Å²) in [5, 5.41) is 13.7. The maximum absolute atomic E-state index is 12.7. The highest BCUT2D eigenvalue weighted by Crippen LogP contribution is 2.38. The van der Waals surface area contributed by atoms with E-state index in [4.69, 9.17) is 9.05 Å². The Labute approximate surface area is 291 Å². The second kappa shape index (κ2) is 31.2. The number of hydrogen-bond donors (Lipinski definition) is 2. The molecule has 0 saturated carbocycles. The van der Waals surface area contributed by atoms with Crippen molar-refractivity contribution in [3.05, 3.63) is 12.2 Å². The van der Waals surface area contributed by atoms with Gasteiger partial charge in [-0.1, -0.05) is 161 Å². The zero-order valence-corrected chi connectivity index (χ0v) is 32.4. The van der Waals surface area contributed by atoms with Crippen LogP contribution in [0.4, 0.5) is 0 Å². The molecule has 0 aromatic heterocycles. The van der Waals surface area contributed by atoms with E-state index in [1.165, 1.54) is 116 Å². The number of carbonyl (C=O) groups excluding carboxylic acids is 1. The van der Waals surface area contributed by atoms with Crippen molar-refractivity contribution in [1.29, 1.82) is 0 Å². The number of nitrogens with one attached hydrogen (secondary N) is 1. The van der Waals surface area contributed by atoms with E-state index in [0.29, 0.717) is 17.4 Å². The average molecular weight is 689 g/mol. The molecule has 0 fully saturated rings. The lowest BCUT2D eigenvalue weighted by Gasteiger charge is -2.29. The summed E-state index contributed by atoms with van der Waals surface area (Å²) in [6, 6.07) is -0.877. The smallest absolute Gasteiger partial charge is 0.268 e. The Morgan fingerprint density at radius 3 is 1.60 bits per heavy atom. The lowest BCUT2D eigenvalue weighted by molar-refractivity contribution is -0.870. The van der Waals surface area contributed by atoms with Gasteiger partial charge in [-0.15, -0.1) is 0 Å². The van der Waals surface area contributed by atoms with Crippen molar-refractivity contribution < 1.29 is 32.9 Å². The first kappa shape index (κ1) is 46.2. The summed E-state index contributed by atoms with van der Waals surface area (Å²) in [5.41, 5.74) is 0. The molecule has 0 spiro atoms. The summed E-state index contributed by atoms with van der Waals surface area (Å²) >= 11 is 0. The second-order valence-electron chi connectivity index (χ2n) is 14.6. The van der Waals surface area contributed by atoms with E-state index in [-0.39, 0.29) is 19.1 Å². The van der Waals surface area contributed by atoms with Crippen LogP contribution in [0.5, 0.6) is 0 Å². The van der Waals surface area contributed by atoms with Gasteiger partial charge in [0.2, 0.25) is 5.91 Å². The summed E-state index contributed by atoms with van der Waals surface area (Å²) in [6.07, 6.45) is 32.5. The van der Waals surface area contributed by atoms with E-state index in [1.807, 2.05) is 27.2 Å². The Kier molecular flexibility index (Phi) is 30.7. The van der Waals surface area contributed by atoms with Gasteiger partial charge in [0.25, 0.3) is 7.82 Å². The van der Waals surface area contributed by atoms with E-state index in [9.17, 15) is 19.4 Å². The topological polar surface area (TPSA) is 108 Å². The molecule has 9 heteroatoms. The Morgan fingerprint density at radius 2 is 1.15 bits per heavy atom. The highest BCUT2D eigenvalue weighted by molar-refractivity contribution is 7.45. The molecular weight excluding hydrogens is 611 g/mol. The summed E-state index contributed by atoms with van der Waals surface area (Å²) in [4.78, 5) is 25.1. The molecule has 1 amide bonds. The zero-order chi connectivity index (χ0) is 35.1. The first-order valence-corrected chi connectivity index (χ1v) is 21.0. The molecule has 3 unspecified atom stereocenters. The van der Waals surface area contributed by atoms with Crippen LogP contribution in [0.3, 0.4) is 0 Å². The molecule has 0 aliphatic heterocycles. The van der Waals surface area contributed by atoms with E-state index < -0.39 is 20.0 Å². The van der Waals surface area contributed by atoms with Gasteiger partial charge in [-0.2, -0.15) is 0 Å². The van der Waals surface area contributed by atoms with Crippen molar-refractivity contribution >= 4 is 13.7 Å². The number of phosphoric acid groups is 1. The molecule has 0 aromatic carbocycles. The lowest BCUT2D eigenvalue weighted by Crippen LogP contribution is -2.45. The largest absolute Gasteiger partial charge is 0.756 e. The van der Waals surface area contributed by atoms with Crippen LogP contribution in [0.1, 0.15) is 174 Å². The van der Waals surface area contributed by atoms with Crippen LogP contribution in [0, 0.1) is 0 Å². The summed E-state index contributed by atoms with van der Waals surface area (Å²) < 4.78 is 23.1. The summed E-state index contributed by atoms with van der Waals surface area (Å²) in [6.45, 7) is 4.61. The minimum absolute atomic E-state index is 0.00155. The van der Waals surface area contributed by atoms with E-state index in [2.05, 4.69) is 19.2 Å². The molecule has 0 radical (unpaired) electrons. The number of allylic oxidation sites excluding steroid dienone is 1. The summed E-state index contributed by atoms with van der Waals surface area (Å²) in [7, 11) is 1.26. The van der Waals surface area contributed by atoms with E-state index >= 15 is 0 Å². The molecule has 0 aliphatic carbocycles. The minimum atomic E-state index is -4.57. The number of amides is 1. The molecule has 0 saturated heterocycles. The monoisotopic (exact) mass is 689 g/mol. The number of quaternary nitrogens is 1. The number of aliphatic hydroxyl groups is 1. The maximum Gasteiger partial charge on any atom is 0.268 e. The number of likely N-dealkylation sites (N-methyl/N-ethyl adjacent to an activating group) is 1. The van der Waals surface area contributed by atoms with Gasteiger partial charge in [-0.3, -0.25) is 9.36 Å². The van der Waals surface area contributed by atoms with Crippen LogP contribution in [-0.2, 0) is 18.4 Å². The van der Waals surface area contributed by atoms with Crippen LogP contribution >= 0.6 is 7.82 Å². The van der Waals surface area contributed by atoms with E-state index in [1.54, 1.807) is 6.08 Å². The predicted molar refractivity (Wildman–Crippen MR) is 196 cm³/mol. The van der Waals surface area contributed by atoms with Gasteiger partial charge in [0.05, 0.1) is 39.9 Å². The normalized spacial score (nSPS) is 14.8. The maximum atomic E-state index is 12.7. The van der Waals surface area contributed by atoms with Crippen molar-refractivity contribution in [2.75, 3.05) is 40.9 Å². The van der Waals surface area contributed by atoms with E-state index in [0.717, 1.165) is 38.5 Å². The van der Waals surface area contributed by atoms with Crippen molar-refractivity contribution in [2.24, 2.45) is 0 Å². The second-order valence-corrected chi connectivity index (χ2v) is 16.1. The number of carbonyl (C=O) groups is 1. The van der Waals surface area contributed by atoms with Gasteiger partial charge in [0, 0.05) is 6.42 Å². The number of rotatable bonds is 35. The Bertz CT molecular complexity index is 789. The molecular formula is C38H77N2O6P. The molecule has 0 heterocycles. The number of nitrogens with zero attached hydrogens (tertiary/aromatic N) is 1. The van der Waals surface area contributed by atoms with Gasteiger partial charge in [-0.25, -0.2) is 0 Å². The highest BCUT2D eigenvalue weighted by Gasteiger charge is 2.23. The van der Waals surface area contributed by atoms with Crippen LogP contribution in [0.15, 0.2) is 12.2 Å². The first-order valence-electron chi connectivity index (χ1n) is 19.6. The van der Waals surface area contributed by atoms with Crippen LogP contribution in [0.2, 0.25) is 0 Å². The van der Waals surface area contributed by atoms with Gasteiger partial charge >= 0.3 is 0 Å². The van der Waals surface area contributed by atoms with Crippen LogP contribution in [-0.4, -0.2) is 68.5 Å². The molecule has 0 bridgehead atoms. The molecule has 47 heavy (non-hydrogen) atoms. The Hall–Kier alpha value is -0.760. The SMILES string of the molecule is CCCCCCCCCCCCCCCC/C=C/C(O)C(COP(=O)([O-])OCC[N+](C)(C)C)NC(=O)CCCCCCCCCCC. The highest BCUT2D eigenvalue weighted by atomic mass is 31.2. The molecule has 3 atom stereocenters. The Morgan fingerprint density at radius 1 is 0.723 bits per heavy atom. The van der Waals surface area contributed by atoms with Crippen LogP contribution in [0.25, 0.3) is 0 Å². The molecule has 2 N–H and O–H groups in total. The van der Waals surface area contributed by atoms with Crippen molar-refractivity contribution in [2.45, 2.75) is 187 Å². The molecule has 0 aromatic rings. The average Bonchev–Trinajstić information content (AvgIpc) is 3.01. The quantitative estimate of drug-likeness (QED) is 0.0297. The number of phosphoric ester groups is 1. The molecule has 280 valence electrons. The fourth-order valence-electron chi connectivity index (χ4n) is 5.56. The van der Waals surface area contributed by atoms with Crippen molar-refractivity contribution in [3.8, 4) is 0 Å². The first-order chi connectivity index (χ1) is 22.5. The number of aliphatic hydroxyl groups excluding tert-OH is 1. The van der Waals surface area contributed by atoms with Crippen molar-refractivity contribution in [1.82, 2.24) is 5.32 Å². The fraction of sp³-hybridized carbons (Fsp3) is 0.921. The number of unbranched alkanes of at least 4 members (excludes halogenated alkanes) is 22. The van der Waals surface area contributed by atoms with Crippen LogP contribution < -0.4 is 10.2 Å². The third kappa shape index (κ3) is 33.5. The van der Waals surface area contributed by atoms with Crippen molar-refractivity contribution in [3.63, 3.8) is 0 Å². The molecule has 0 aliphatic rings. The molecule has 8 nitrogen and oxygen atoms in total. The summed E-state index contributed by atoms with van der Waals surface area (Å²) in [5.74, 6) is -0.201. The lowest BCUT2D eigenvalue weighted by atomic mass is 10.0. The van der Waals surface area contributed by atoms with Gasteiger partial charge in [0.15, 0.2) is 0 Å². The fourth-order valence-corrected chi connectivity index (χ4v) is 6.29. The molecule has 0 rings (SSSR count). The van der Waals surface area contributed by atoms with Gasteiger partial charge < -0.3 is 28.8 Å². The third-order valence-electron chi connectivity index (χ3n) is 8.75. The number of hydrogen-bond acceptors (Lipinski definition) is 6. The predicted octanol–water partition coefficient (Wildman–Crippen LogP) is 9.39.